The van der Waals surface area contributed by atoms with Crippen molar-refractivity contribution in [2.75, 3.05) is 0 Å². The highest BCUT2D eigenvalue weighted by molar-refractivity contribution is 8.03. The predicted octanol–water partition coefficient (Wildman–Crippen LogP) is 4.02. The fraction of sp³-hybridized carbons (Fsp3) is 0.267. The van der Waals surface area contributed by atoms with Gasteiger partial charge in [-0.25, -0.2) is 0 Å². The van der Waals surface area contributed by atoms with Crippen molar-refractivity contribution >= 4 is 22.7 Å². The fourth-order valence-electron chi connectivity index (χ4n) is 2.80. The number of pyridine rings is 1. The van der Waals surface area contributed by atoms with Gasteiger partial charge in [-0.15, -0.1) is 11.8 Å². The normalized spacial score (nSPS) is 29.6. The smallest absolute Gasteiger partial charge is 0.0708 e. The number of hydrogen-bond acceptors (Lipinski definition) is 2. The topological polar surface area (TPSA) is 12.9 Å². The van der Waals surface area contributed by atoms with Crippen LogP contribution < -0.4 is 0 Å². The van der Waals surface area contributed by atoms with E-state index in [0.29, 0.717) is 0 Å². The van der Waals surface area contributed by atoms with Gasteiger partial charge in [0.1, 0.15) is 0 Å². The largest absolute Gasteiger partial charge is 0.251 e. The number of hydrogen-bond donors (Lipinski definition) is 0. The second-order valence-electron chi connectivity index (χ2n) is 4.99. The van der Waals surface area contributed by atoms with Gasteiger partial charge in [0.25, 0.3) is 0 Å². The highest BCUT2D eigenvalue weighted by atomic mass is 32.2. The lowest BCUT2D eigenvalue weighted by Crippen LogP contribution is -2.05. The number of rotatable bonds is 1. The van der Waals surface area contributed by atoms with E-state index in [1.54, 1.807) is 0 Å². The van der Waals surface area contributed by atoms with Crippen LogP contribution in [0.4, 0.5) is 0 Å². The first-order valence-corrected chi connectivity index (χ1v) is 6.89. The minimum absolute atomic E-state index is 0.286. The van der Waals surface area contributed by atoms with Crippen molar-refractivity contribution in [2.24, 2.45) is 5.92 Å². The van der Waals surface area contributed by atoms with Crippen molar-refractivity contribution in [3.8, 4) is 0 Å². The van der Waals surface area contributed by atoms with E-state index < -0.39 is 0 Å². The zero-order valence-electron chi connectivity index (χ0n) is 9.68. The zero-order valence-corrected chi connectivity index (χ0v) is 10.5. The lowest BCUT2D eigenvalue weighted by atomic mass is 10.1. The first kappa shape index (κ1) is 9.72. The van der Waals surface area contributed by atoms with Crippen LogP contribution in [-0.4, -0.2) is 4.98 Å². The second kappa shape index (κ2) is 3.14. The molecule has 2 atom stereocenters. The number of aromatic nitrogens is 1. The maximum absolute atomic E-state index is 4.87. The molecule has 1 nitrogen and oxygen atoms in total. The monoisotopic (exact) mass is 239 g/mol. The summed E-state index contributed by atoms with van der Waals surface area (Å²) in [4.78, 5) is 4.87. The Kier molecular flexibility index (Phi) is 1.79. The van der Waals surface area contributed by atoms with E-state index in [1.165, 1.54) is 23.1 Å². The minimum Gasteiger partial charge on any atom is -0.251 e. The molecule has 0 saturated heterocycles. The third-order valence-electron chi connectivity index (χ3n) is 3.91. The molecule has 1 fully saturated rings. The number of thioether (sulfide) groups is 1. The molecule has 1 aliphatic carbocycles. The summed E-state index contributed by atoms with van der Waals surface area (Å²) in [6.45, 7) is 2.19. The highest BCUT2D eigenvalue weighted by Crippen LogP contribution is 2.66. The van der Waals surface area contributed by atoms with Crippen LogP contribution in [0.25, 0.3) is 10.9 Å². The molecule has 1 aromatic heterocycles. The summed E-state index contributed by atoms with van der Waals surface area (Å²) < 4.78 is 0.286. The minimum atomic E-state index is 0.286. The number of para-hydroxylation sites is 1. The Hall–Kier alpha value is -1.28. The molecule has 2 heteroatoms. The van der Waals surface area contributed by atoms with Gasteiger partial charge in [0.15, 0.2) is 0 Å². The fourth-order valence-corrected chi connectivity index (χ4v) is 4.07. The molecule has 2 heterocycles. The Bertz CT molecular complexity index is 646. The molecule has 1 aromatic carbocycles. The van der Waals surface area contributed by atoms with Crippen LogP contribution in [0.1, 0.15) is 17.7 Å². The maximum atomic E-state index is 4.87. The molecule has 2 aliphatic rings. The molecule has 0 amide bonds. The summed E-state index contributed by atoms with van der Waals surface area (Å²) in [6, 6.07) is 10.7. The van der Waals surface area contributed by atoms with Gasteiger partial charge in [-0.1, -0.05) is 24.3 Å². The molecular weight excluding hydrogens is 226 g/mol. The average Bonchev–Trinajstić information content (AvgIpc) is 2.92. The highest BCUT2D eigenvalue weighted by Gasteiger charge is 2.58. The van der Waals surface area contributed by atoms with Gasteiger partial charge >= 0.3 is 0 Å². The Morgan fingerprint density at radius 3 is 3.00 bits per heavy atom. The number of allylic oxidation sites excluding steroid dienone is 1. The summed E-state index contributed by atoms with van der Waals surface area (Å²) in [5, 5.41) is 3.52. The third kappa shape index (κ3) is 1.25. The van der Waals surface area contributed by atoms with Crippen molar-refractivity contribution in [2.45, 2.75) is 18.1 Å². The summed E-state index contributed by atoms with van der Waals surface area (Å²) >= 11 is 1.95. The molecule has 2 unspecified atom stereocenters. The number of nitrogens with zero attached hydrogens (tertiary/aromatic N) is 1. The van der Waals surface area contributed by atoms with E-state index in [9.17, 15) is 0 Å². The first-order chi connectivity index (χ1) is 8.29. The van der Waals surface area contributed by atoms with Gasteiger partial charge in [0.05, 0.1) is 16.0 Å². The van der Waals surface area contributed by atoms with Gasteiger partial charge in [-0.2, -0.15) is 0 Å². The molecule has 1 saturated carbocycles. The summed E-state index contributed by atoms with van der Waals surface area (Å²) in [6.07, 6.45) is 3.59. The van der Waals surface area contributed by atoms with Crippen LogP contribution in [0.3, 0.4) is 0 Å². The van der Waals surface area contributed by atoms with Crippen LogP contribution in [-0.2, 0) is 4.75 Å². The molecule has 0 spiro atoms. The van der Waals surface area contributed by atoms with Crippen molar-refractivity contribution in [3.63, 3.8) is 0 Å². The Labute approximate surface area is 105 Å². The van der Waals surface area contributed by atoms with E-state index in [-0.39, 0.29) is 4.75 Å². The molecule has 1 aliphatic heterocycles. The molecule has 0 bridgehead atoms. The zero-order chi connectivity index (χ0) is 11.5. The third-order valence-corrected chi connectivity index (χ3v) is 5.30. The van der Waals surface area contributed by atoms with Crippen molar-refractivity contribution in [1.29, 1.82) is 0 Å². The van der Waals surface area contributed by atoms with Crippen LogP contribution in [0.5, 0.6) is 0 Å². The second-order valence-corrected chi connectivity index (χ2v) is 6.22. The van der Waals surface area contributed by atoms with Crippen molar-refractivity contribution in [1.82, 2.24) is 4.98 Å². The van der Waals surface area contributed by atoms with E-state index in [1.807, 2.05) is 11.8 Å². The van der Waals surface area contributed by atoms with Gasteiger partial charge in [-0.3, -0.25) is 4.98 Å². The van der Waals surface area contributed by atoms with Gasteiger partial charge < -0.3 is 0 Å². The lowest BCUT2D eigenvalue weighted by Gasteiger charge is -2.13. The van der Waals surface area contributed by atoms with Crippen LogP contribution in [0.2, 0.25) is 0 Å². The SMILES string of the molecule is Cc1cc(C23CC2C=CS3)nc2ccccc12. The molecule has 84 valence electrons. The standard InChI is InChI=1S/C15H13NS/c1-10-8-14(15-9-11(15)6-7-17-15)16-13-5-3-2-4-12(10)13/h2-8,11H,9H2,1H3. The summed E-state index contributed by atoms with van der Waals surface area (Å²) in [7, 11) is 0. The number of fused-ring (bicyclic) bond motifs is 2. The quantitative estimate of drug-likeness (QED) is 0.745. The van der Waals surface area contributed by atoms with E-state index in [4.69, 9.17) is 4.98 Å². The molecule has 2 aromatic rings. The van der Waals surface area contributed by atoms with Crippen molar-refractivity contribution < 1.29 is 0 Å². The number of benzene rings is 1. The lowest BCUT2D eigenvalue weighted by molar-refractivity contribution is 0.912. The van der Waals surface area contributed by atoms with Gasteiger partial charge in [0.2, 0.25) is 0 Å². The molecule has 0 N–H and O–H groups in total. The maximum Gasteiger partial charge on any atom is 0.0708 e. The van der Waals surface area contributed by atoms with E-state index in [0.717, 1.165) is 11.4 Å². The summed E-state index contributed by atoms with van der Waals surface area (Å²) in [5.41, 5.74) is 3.75. The van der Waals surface area contributed by atoms with Crippen molar-refractivity contribution in [3.05, 3.63) is 53.1 Å². The van der Waals surface area contributed by atoms with E-state index >= 15 is 0 Å². The Morgan fingerprint density at radius 2 is 2.24 bits per heavy atom. The number of aryl methyl sites for hydroxylation is 1. The summed E-state index contributed by atoms with van der Waals surface area (Å²) in [5.74, 6) is 0.723. The molecule has 4 rings (SSSR count). The van der Waals surface area contributed by atoms with E-state index in [2.05, 4.69) is 48.7 Å². The molecular formula is C15H13NS. The van der Waals surface area contributed by atoms with Crippen LogP contribution in [0, 0.1) is 12.8 Å². The first-order valence-electron chi connectivity index (χ1n) is 6.01. The van der Waals surface area contributed by atoms with Gasteiger partial charge in [0, 0.05) is 5.39 Å². The molecule has 0 radical (unpaired) electrons. The molecule has 17 heavy (non-hydrogen) atoms. The Balaban J connectivity index is 1.93. The average molecular weight is 239 g/mol. The Morgan fingerprint density at radius 1 is 1.35 bits per heavy atom. The van der Waals surface area contributed by atoms with Crippen LogP contribution >= 0.6 is 11.8 Å². The van der Waals surface area contributed by atoms with Gasteiger partial charge in [-0.05, 0) is 42.4 Å². The predicted molar refractivity (Wildman–Crippen MR) is 73.0 cm³/mol. The van der Waals surface area contributed by atoms with Crippen LogP contribution in [0.15, 0.2) is 41.8 Å².